The van der Waals surface area contributed by atoms with Gasteiger partial charge in [0, 0.05) is 23.4 Å². The van der Waals surface area contributed by atoms with Crippen LogP contribution in [0.15, 0.2) is 46.9 Å². The molecule has 0 spiro atoms. The summed E-state index contributed by atoms with van der Waals surface area (Å²) in [5.41, 5.74) is 5.70. The zero-order chi connectivity index (χ0) is 17.3. The van der Waals surface area contributed by atoms with E-state index in [1.807, 2.05) is 0 Å². The van der Waals surface area contributed by atoms with Crippen LogP contribution in [-0.4, -0.2) is 38.8 Å². The van der Waals surface area contributed by atoms with Gasteiger partial charge in [0.05, 0.1) is 18.8 Å². The average molecular weight is 327 g/mol. The number of nitrogens with zero attached hydrogens (tertiary/aromatic N) is 2. The Morgan fingerprint density at radius 3 is 2.54 bits per heavy atom. The van der Waals surface area contributed by atoms with Gasteiger partial charge in [0.1, 0.15) is 5.82 Å². The lowest BCUT2D eigenvalue weighted by Crippen LogP contribution is -2.23. The molecule has 0 unspecified atom stereocenters. The van der Waals surface area contributed by atoms with Crippen LogP contribution >= 0.6 is 0 Å². The molecule has 124 valence electrons. The molecule has 1 heterocycles. The van der Waals surface area contributed by atoms with Crippen molar-refractivity contribution >= 4 is 17.8 Å². The van der Waals surface area contributed by atoms with Gasteiger partial charge in [0.15, 0.2) is 5.78 Å². The van der Waals surface area contributed by atoms with Gasteiger partial charge in [-0.2, -0.15) is 4.98 Å². The molecule has 0 bridgehead atoms. The molecule has 7 nitrogen and oxygen atoms in total. The molecule has 0 saturated heterocycles. The Morgan fingerprint density at radius 1 is 1.29 bits per heavy atom. The van der Waals surface area contributed by atoms with E-state index in [0.717, 1.165) is 10.1 Å². The van der Waals surface area contributed by atoms with E-state index in [-0.39, 0.29) is 30.4 Å². The van der Waals surface area contributed by atoms with Crippen molar-refractivity contribution in [3.05, 3.63) is 63.7 Å². The molecule has 0 radical (unpaired) electrons. The van der Waals surface area contributed by atoms with Crippen molar-refractivity contribution in [3.8, 4) is 0 Å². The predicted molar refractivity (Wildman–Crippen MR) is 88.3 cm³/mol. The normalized spacial score (nSPS) is 17.0. The summed E-state index contributed by atoms with van der Waals surface area (Å²) in [4.78, 5) is 28.2. The van der Waals surface area contributed by atoms with Gasteiger partial charge < -0.3 is 15.9 Å². The van der Waals surface area contributed by atoms with Crippen LogP contribution in [0.3, 0.4) is 0 Å². The van der Waals surface area contributed by atoms with Crippen LogP contribution in [0.4, 0.5) is 5.82 Å². The topological polar surface area (TPSA) is 118 Å². The van der Waals surface area contributed by atoms with Crippen LogP contribution in [0.2, 0.25) is 0 Å². The highest BCUT2D eigenvalue weighted by molar-refractivity contribution is 6.11. The molecule has 1 aliphatic carbocycles. The SMILES string of the molecule is Nc1nc(=O)n(/C=C2\CC2(CO)CO)cc1C(=O)c1ccccc1. The number of hydrogen-bond acceptors (Lipinski definition) is 6. The first-order chi connectivity index (χ1) is 11.5. The summed E-state index contributed by atoms with van der Waals surface area (Å²) in [6.07, 6.45) is 3.31. The summed E-state index contributed by atoms with van der Waals surface area (Å²) >= 11 is 0. The number of aliphatic hydroxyl groups excluding tert-OH is 2. The third-order valence-electron chi connectivity index (χ3n) is 4.25. The van der Waals surface area contributed by atoms with Gasteiger partial charge in [-0.1, -0.05) is 30.3 Å². The number of ketones is 1. The lowest BCUT2D eigenvalue weighted by molar-refractivity contribution is 0.103. The molecule has 1 saturated carbocycles. The quantitative estimate of drug-likeness (QED) is 0.679. The van der Waals surface area contributed by atoms with Gasteiger partial charge in [0.2, 0.25) is 0 Å². The monoisotopic (exact) mass is 327 g/mol. The number of hydrogen-bond donors (Lipinski definition) is 3. The highest BCUT2D eigenvalue weighted by atomic mass is 16.3. The van der Waals surface area contributed by atoms with Gasteiger partial charge in [-0.15, -0.1) is 0 Å². The Bertz CT molecular complexity index is 867. The fourth-order valence-corrected chi connectivity index (χ4v) is 2.53. The Labute approximate surface area is 137 Å². The summed E-state index contributed by atoms with van der Waals surface area (Å²) < 4.78 is 1.16. The Balaban J connectivity index is 2.01. The van der Waals surface area contributed by atoms with Crippen molar-refractivity contribution in [2.24, 2.45) is 5.41 Å². The summed E-state index contributed by atoms with van der Waals surface area (Å²) in [5.74, 6) is -0.464. The van der Waals surface area contributed by atoms with E-state index >= 15 is 0 Å². The Hall–Kier alpha value is -2.77. The Morgan fingerprint density at radius 2 is 1.96 bits per heavy atom. The van der Waals surface area contributed by atoms with Gasteiger partial charge in [-0.3, -0.25) is 9.36 Å². The van der Waals surface area contributed by atoms with E-state index < -0.39 is 11.1 Å². The van der Waals surface area contributed by atoms with E-state index in [1.54, 1.807) is 30.3 Å². The molecule has 24 heavy (non-hydrogen) atoms. The van der Waals surface area contributed by atoms with E-state index in [4.69, 9.17) is 5.73 Å². The molecule has 3 rings (SSSR count). The molecule has 1 aromatic heterocycles. The average Bonchev–Trinajstić information content (AvgIpc) is 3.31. The van der Waals surface area contributed by atoms with E-state index in [0.29, 0.717) is 12.0 Å². The van der Waals surface area contributed by atoms with Crippen LogP contribution in [0.25, 0.3) is 6.20 Å². The minimum atomic E-state index is -0.690. The maximum Gasteiger partial charge on any atom is 0.353 e. The lowest BCUT2D eigenvalue weighted by atomic mass is 10.1. The number of rotatable bonds is 5. The minimum absolute atomic E-state index is 0.122. The minimum Gasteiger partial charge on any atom is -0.395 e. The zero-order valence-electron chi connectivity index (χ0n) is 12.8. The van der Waals surface area contributed by atoms with Crippen molar-refractivity contribution in [2.75, 3.05) is 18.9 Å². The van der Waals surface area contributed by atoms with Crippen LogP contribution < -0.4 is 11.4 Å². The van der Waals surface area contributed by atoms with Crippen molar-refractivity contribution < 1.29 is 15.0 Å². The third-order valence-corrected chi connectivity index (χ3v) is 4.25. The fourth-order valence-electron chi connectivity index (χ4n) is 2.53. The maximum absolute atomic E-state index is 12.5. The molecular formula is C17H17N3O4. The van der Waals surface area contributed by atoms with E-state index in [2.05, 4.69) is 4.98 Å². The standard InChI is InChI=1S/C17H17N3O4/c18-15-13(14(23)11-4-2-1-3-5-11)8-20(16(24)19-15)7-12-6-17(12,9-21)10-22/h1-5,7-8,21-22H,6,9-10H2,(H2,18,19,24)/b12-7+. The molecular weight excluding hydrogens is 310 g/mol. The predicted octanol–water partition coefficient (Wildman–Crippen LogP) is 0.272. The summed E-state index contributed by atoms with van der Waals surface area (Å²) in [5, 5.41) is 18.7. The molecule has 0 atom stereocenters. The number of aliphatic hydroxyl groups is 2. The van der Waals surface area contributed by atoms with Crippen molar-refractivity contribution in [2.45, 2.75) is 6.42 Å². The van der Waals surface area contributed by atoms with E-state index in [9.17, 15) is 19.8 Å². The van der Waals surface area contributed by atoms with Crippen molar-refractivity contribution in [1.82, 2.24) is 9.55 Å². The van der Waals surface area contributed by atoms with Gasteiger partial charge in [0.25, 0.3) is 0 Å². The highest BCUT2D eigenvalue weighted by Gasteiger charge is 2.48. The molecule has 0 aliphatic heterocycles. The fraction of sp³-hybridized carbons (Fsp3) is 0.235. The molecule has 4 N–H and O–H groups in total. The zero-order valence-corrected chi connectivity index (χ0v) is 12.8. The molecule has 7 heteroatoms. The second-order valence-corrected chi connectivity index (χ2v) is 5.85. The largest absolute Gasteiger partial charge is 0.395 e. The highest BCUT2D eigenvalue weighted by Crippen LogP contribution is 2.51. The summed E-state index contributed by atoms with van der Waals surface area (Å²) in [6, 6.07) is 8.56. The van der Waals surface area contributed by atoms with Gasteiger partial charge >= 0.3 is 5.69 Å². The van der Waals surface area contributed by atoms with Gasteiger partial charge in [-0.25, -0.2) is 4.79 Å². The number of carbonyl (C=O) groups is 1. The third kappa shape index (κ3) is 2.75. The first-order valence-electron chi connectivity index (χ1n) is 7.42. The van der Waals surface area contributed by atoms with Crippen LogP contribution in [0, 0.1) is 5.41 Å². The first kappa shape index (κ1) is 16.1. The van der Waals surface area contributed by atoms with Crippen LogP contribution in [0.5, 0.6) is 0 Å². The van der Waals surface area contributed by atoms with Crippen molar-refractivity contribution in [3.63, 3.8) is 0 Å². The second-order valence-electron chi connectivity index (χ2n) is 5.85. The molecule has 2 aromatic rings. The maximum atomic E-state index is 12.5. The molecule has 1 fully saturated rings. The Kier molecular flexibility index (Phi) is 4.04. The molecule has 1 aliphatic rings. The molecule has 0 amide bonds. The summed E-state index contributed by atoms with van der Waals surface area (Å²) in [6.45, 7) is -0.412. The van der Waals surface area contributed by atoms with Gasteiger partial charge in [-0.05, 0) is 12.0 Å². The number of anilines is 1. The van der Waals surface area contributed by atoms with Crippen molar-refractivity contribution in [1.29, 1.82) is 0 Å². The lowest BCUT2D eigenvalue weighted by Gasteiger charge is -2.08. The number of benzene rings is 1. The molecule has 1 aromatic carbocycles. The number of nitrogen functional groups attached to an aromatic ring is 1. The van der Waals surface area contributed by atoms with Crippen LogP contribution in [0.1, 0.15) is 22.3 Å². The summed E-state index contributed by atoms with van der Waals surface area (Å²) in [7, 11) is 0. The second kappa shape index (κ2) is 6.03. The number of carbonyl (C=O) groups excluding carboxylic acids is 1. The number of nitrogens with two attached hydrogens (primary N) is 1. The first-order valence-corrected chi connectivity index (χ1v) is 7.42. The van der Waals surface area contributed by atoms with E-state index in [1.165, 1.54) is 12.4 Å². The number of aromatic nitrogens is 2. The van der Waals surface area contributed by atoms with Crippen LogP contribution in [-0.2, 0) is 0 Å². The smallest absolute Gasteiger partial charge is 0.353 e.